The van der Waals surface area contributed by atoms with E-state index >= 15 is 0 Å². The lowest BCUT2D eigenvalue weighted by molar-refractivity contribution is 0.549. The van der Waals surface area contributed by atoms with E-state index in [9.17, 15) is 4.79 Å². The molecule has 0 aromatic heterocycles. The Labute approximate surface area is 76.5 Å². The number of carbonyl (C=O) groups excluding carboxylic acids is 1. The second-order valence-electron chi connectivity index (χ2n) is 2.46. The molecule has 1 aromatic carbocycles. The van der Waals surface area contributed by atoms with Gasteiger partial charge in [-0.05, 0) is 19.1 Å². The van der Waals surface area contributed by atoms with Crippen molar-refractivity contribution in [2.75, 3.05) is 5.32 Å². The maximum atomic E-state index is 10.2. The Morgan fingerprint density at radius 3 is 2.75 bits per heavy atom. The van der Waals surface area contributed by atoms with Crippen LogP contribution < -0.4 is 5.32 Å². The van der Waals surface area contributed by atoms with Crippen LogP contribution in [-0.2, 0) is 4.79 Å². The number of para-hydroxylation sites is 1. The highest BCUT2D eigenvalue weighted by Gasteiger charge is 2.02. The Bertz CT molecular complexity index is 275. The zero-order valence-corrected chi connectivity index (χ0v) is 7.43. The zero-order valence-electron chi connectivity index (χ0n) is 6.67. The van der Waals surface area contributed by atoms with Crippen molar-refractivity contribution in [3.63, 3.8) is 0 Å². The third-order valence-corrected chi connectivity index (χ3v) is 1.75. The first-order chi connectivity index (χ1) is 5.74. The van der Waals surface area contributed by atoms with Gasteiger partial charge in [0.05, 0.1) is 16.8 Å². The molecule has 0 spiro atoms. The summed E-state index contributed by atoms with van der Waals surface area (Å²) in [6.07, 6.45) is 1.82. The van der Waals surface area contributed by atoms with E-state index in [1.165, 1.54) is 0 Å². The van der Waals surface area contributed by atoms with E-state index in [1.807, 2.05) is 24.5 Å². The fraction of sp³-hybridized carbons (Fsp3) is 0.222. The van der Waals surface area contributed by atoms with Crippen molar-refractivity contribution >= 4 is 23.6 Å². The van der Waals surface area contributed by atoms with Gasteiger partial charge in [-0.25, -0.2) is 0 Å². The molecule has 0 bridgehead atoms. The van der Waals surface area contributed by atoms with Crippen molar-refractivity contribution in [3.05, 3.63) is 29.3 Å². The van der Waals surface area contributed by atoms with E-state index in [-0.39, 0.29) is 6.04 Å². The molecule has 1 rings (SSSR count). The number of anilines is 1. The lowest BCUT2D eigenvalue weighted by Gasteiger charge is -2.08. The summed E-state index contributed by atoms with van der Waals surface area (Å²) < 4.78 is 0. The molecule has 0 fully saturated rings. The third-order valence-electron chi connectivity index (χ3n) is 1.42. The topological polar surface area (TPSA) is 29.1 Å². The SMILES string of the molecule is C[C@@H]([C]=O)Nc1ccccc1Cl. The van der Waals surface area contributed by atoms with Crippen molar-refractivity contribution in [2.45, 2.75) is 13.0 Å². The first-order valence-corrected chi connectivity index (χ1v) is 4.00. The number of benzene rings is 1. The summed E-state index contributed by atoms with van der Waals surface area (Å²) in [7, 11) is 0. The van der Waals surface area contributed by atoms with Gasteiger partial charge >= 0.3 is 0 Å². The van der Waals surface area contributed by atoms with Gasteiger partial charge in [0.2, 0.25) is 6.29 Å². The van der Waals surface area contributed by atoms with E-state index in [1.54, 1.807) is 13.0 Å². The van der Waals surface area contributed by atoms with Crippen LogP contribution in [0.5, 0.6) is 0 Å². The van der Waals surface area contributed by atoms with Crippen LogP contribution in [0.25, 0.3) is 0 Å². The van der Waals surface area contributed by atoms with E-state index in [0.29, 0.717) is 5.02 Å². The minimum atomic E-state index is -0.329. The second-order valence-corrected chi connectivity index (χ2v) is 2.87. The molecule has 0 saturated heterocycles. The molecule has 63 valence electrons. The van der Waals surface area contributed by atoms with Crippen LogP contribution in [0, 0.1) is 0 Å². The maximum Gasteiger partial charge on any atom is 0.222 e. The Morgan fingerprint density at radius 1 is 1.50 bits per heavy atom. The summed E-state index contributed by atoms with van der Waals surface area (Å²) in [4.78, 5) is 10.2. The van der Waals surface area contributed by atoms with Gasteiger partial charge in [-0.3, -0.25) is 4.79 Å². The molecule has 0 unspecified atom stereocenters. The lowest BCUT2D eigenvalue weighted by Crippen LogP contribution is -2.16. The van der Waals surface area contributed by atoms with Gasteiger partial charge in [0, 0.05) is 0 Å². The average molecular weight is 183 g/mol. The molecule has 0 saturated carbocycles. The summed E-state index contributed by atoms with van der Waals surface area (Å²) in [6, 6.07) is 6.94. The zero-order chi connectivity index (χ0) is 8.97. The fourth-order valence-corrected chi connectivity index (χ4v) is 1.03. The van der Waals surface area contributed by atoms with Crippen LogP contribution in [0.3, 0.4) is 0 Å². The Morgan fingerprint density at radius 2 is 2.17 bits per heavy atom. The van der Waals surface area contributed by atoms with E-state index in [4.69, 9.17) is 11.6 Å². The molecular formula is C9H9ClNO. The molecule has 3 heteroatoms. The number of hydrogen-bond acceptors (Lipinski definition) is 2. The largest absolute Gasteiger partial charge is 0.374 e. The van der Waals surface area contributed by atoms with Gasteiger partial charge in [0.25, 0.3) is 0 Å². The van der Waals surface area contributed by atoms with E-state index < -0.39 is 0 Å². The molecule has 0 amide bonds. The van der Waals surface area contributed by atoms with Crippen molar-refractivity contribution in [3.8, 4) is 0 Å². The van der Waals surface area contributed by atoms with E-state index in [0.717, 1.165) is 5.69 Å². The first kappa shape index (κ1) is 9.07. The molecule has 0 heterocycles. The first-order valence-electron chi connectivity index (χ1n) is 3.63. The minimum absolute atomic E-state index is 0.329. The van der Waals surface area contributed by atoms with E-state index in [2.05, 4.69) is 5.32 Å². The summed E-state index contributed by atoms with van der Waals surface area (Å²) in [6.45, 7) is 1.72. The number of nitrogens with one attached hydrogen (secondary N) is 1. The molecule has 2 nitrogen and oxygen atoms in total. The van der Waals surface area contributed by atoms with Crippen LogP contribution in [0.2, 0.25) is 5.02 Å². The molecule has 1 N–H and O–H groups in total. The van der Waals surface area contributed by atoms with Gasteiger partial charge in [0.15, 0.2) is 0 Å². The highest BCUT2D eigenvalue weighted by Crippen LogP contribution is 2.20. The van der Waals surface area contributed by atoms with Crippen molar-refractivity contribution in [1.82, 2.24) is 0 Å². The Hall–Kier alpha value is -1.02. The quantitative estimate of drug-likeness (QED) is 0.777. The molecule has 0 aliphatic carbocycles. The Kier molecular flexibility index (Phi) is 3.11. The number of halogens is 1. The van der Waals surface area contributed by atoms with Crippen LogP contribution in [-0.4, -0.2) is 12.3 Å². The van der Waals surface area contributed by atoms with Crippen LogP contribution in [0.1, 0.15) is 6.92 Å². The number of hydrogen-bond donors (Lipinski definition) is 1. The summed E-state index contributed by atoms with van der Waals surface area (Å²) >= 11 is 5.83. The lowest BCUT2D eigenvalue weighted by atomic mass is 10.3. The molecule has 0 aliphatic rings. The second kappa shape index (κ2) is 4.12. The third kappa shape index (κ3) is 2.24. The van der Waals surface area contributed by atoms with Crippen LogP contribution in [0.4, 0.5) is 5.69 Å². The predicted molar refractivity (Wildman–Crippen MR) is 50.2 cm³/mol. The summed E-state index contributed by atoms with van der Waals surface area (Å²) in [5.41, 5.74) is 0.759. The Balaban J connectivity index is 2.75. The average Bonchev–Trinajstić information content (AvgIpc) is 2.09. The number of rotatable bonds is 3. The fourth-order valence-electron chi connectivity index (χ4n) is 0.841. The van der Waals surface area contributed by atoms with Crippen LogP contribution in [0.15, 0.2) is 24.3 Å². The summed E-state index contributed by atoms with van der Waals surface area (Å²) in [5.74, 6) is 0. The molecule has 0 aliphatic heterocycles. The smallest absolute Gasteiger partial charge is 0.222 e. The van der Waals surface area contributed by atoms with Crippen molar-refractivity contribution in [2.24, 2.45) is 0 Å². The normalized spacial score (nSPS) is 12.2. The molecule has 1 aromatic rings. The monoisotopic (exact) mass is 182 g/mol. The van der Waals surface area contributed by atoms with Gasteiger partial charge < -0.3 is 5.32 Å². The van der Waals surface area contributed by atoms with Crippen molar-refractivity contribution < 1.29 is 4.79 Å². The molecule has 1 radical (unpaired) electrons. The molecule has 1 atom stereocenters. The van der Waals surface area contributed by atoms with Crippen LogP contribution >= 0.6 is 11.6 Å². The molecule has 12 heavy (non-hydrogen) atoms. The van der Waals surface area contributed by atoms with Gasteiger partial charge in [0.1, 0.15) is 0 Å². The standard InChI is InChI=1S/C9H9ClNO/c1-7(6-12)11-9-5-3-2-4-8(9)10/h2-5,7,11H,1H3/t7-/m0/s1. The highest BCUT2D eigenvalue weighted by molar-refractivity contribution is 6.33. The van der Waals surface area contributed by atoms with Gasteiger partial charge in [-0.15, -0.1) is 0 Å². The minimum Gasteiger partial charge on any atom is -0.374 e. The van der Waals surface area contributed by atoms with Crippen molar-refractivity contribution in [1.29, 1.82) is 0 Å². The predicted octanol–water partition coefficient (Wildman–Crippen LogP) is 2.25. The van der Waals surface area contributed by atoms with Gasteiger partial charge in [-0.2, -0.15) is 0 Å². The highest BCUT2D eigenvalue weighted by atomic mass is 35.5. The maximum absolute atomic E-state index is 10.2. The molecular weight excluding hydrogens is 174 g/mol. The van der Waals surface area contributed by atoms with Gasteiger partial charge in [-0.1, -0.05) is 23.7 Å². The summed E-state index contributed by atoms with van der Waals surface area (Å²) in [5, 5.41) is 3.52.